The van der Waals surface area contributed by atoms with Crippen molar-refractivity contribution in [3.63, 3.8) is 0 Å². The smallest absolute Gasteiger partial charge is 0.215 e. The zero-order valence-electron chi connectivity index (χ0n) is 3.88. The molecule has 0 saturated carbocycles. The summed E-state index contributed by atoms with van der Waals surface area (Å²) in [6.07, 6.45) is 0.731. The maximum atomic E-state index is 10.0. The van der Waals surface area contributed by atoms with Crippen LogP contribution in [0.1, 0.15) is 6.92 Å². The van der Waals surface area contributed by atoms with Gasteiger partial charge in [0, 0.05) is 5.57 Å². The largest absolute Gasteiger partial charge is 0.515 e. The zero-order valence-corrected chi connectivity index (χ0v) is 4.77. The molecule has 0 aliphatic carbocycles. The number of hydrogen-bond acceptors (Lipinski definition) is 2. The molecule has 0 aromatic heterocycles. The first-order valence-corrected chi connectivity index (χ1v) is 2.17. The van der Waals surface area contributed by atoms with Crippen molar-refractivity contribution in [2.75, 3.05) is 0 Å². The molecule has 0 saturated heterocycles. The average Bonchev–Trinajstić information content (AvgIpc) is 1.65. The third kappa shape index (κ3) is 2.28. The molecule has 0 atom stereocenters. The molecule has 0 bridgehead atoms. The molecule has 0 aliphatic heterocycles. The van der Waals surface area contributed by atoms with Crippen LogP contribution in [0, 0.1) is 0 Å². The molecule has 0 fully saturated rings. The van der Waals surface area contributed by atoms with Crippen molar-refractivity contribution in [3.8, 4) is 0 Å². The summed E-state index contributed by atoms with van der Waals surface area (Å²) in [4.78, 5) is 10.0. The van der Waals surface area contributed by atoms with Crippen molar-refractivity contribution in [2.24, 2.45) is 0 Å². The average molecular weight is 118 g/mol. The molecule has 0 unspecified atom stereocenters. The fraction of sp³-hybridized carbons (Fsp3) is 0.250. The Balaban J connectivity index is 3.82. The SMILES string of the molecule is C/C(=C\O)C(=O)S. The molecular weight excluding hydrogens is 112 g/mol. The fourth-order valence-corrected chi connectivity index (χ4v) is 0.113. The van der Waals surface area contributed by atoms with Gasteiger partial charge in [0.15, 0.2) is 0 Å². The Morgan fingerprint density at radius 3 is 2.29 bits per heavy atom. The lowest BCUT2D eigenvalue weighted by Gasteiger charge is -1.83. The third-order valence-corrected chi connectivity index (χ3v) is 0.884. The number of thiol groups is 1. The molecule has 40 valence electrons. The second-order valence-corrected chi connectivity index (χ2v) is 1.52. The van der Waals surface area contributed by atoms with Gasteiger partial charge in [-0.3, -0.25) is 4.79 Å². The minimum absolute atomic E-state index is 0.253. The Kier molecular flexibility index (Phi) is 2.52. The van der Waals surface area contributed by atoms with Crippen LogP contribution in [0.4, 0.5) is 0 Å². The number of carbonyl (C=O) groups excluding carboxylic acids is 1. The molecule has 0 aromatic rings. The van der Waals surface area contributed by atoms with Crippen LogP contribution in [0.25, 0.3) is 0 Å². The van der Waals surface area contributed by atoms with E-state index in [4.69, 9.17) is 5.11 Å². The van der Waals surface area contributed by atoms with Crippen LogP contribution < -0.4 is 0 Å². The van der Waals surface area contributed by atoms with Crippen LogP contribution in [0.2, 0.25) is 0 Å². The predicted molar refractivity (Wildman–Crippen MR) is 30.4 cm³/mol. The van der Waals surface area contributed by atoms with Crippen molar-refractivity contribution in [1.82, 2.24) is 0 Å². The van der Waals surface area contributed by atoms with E-state index in [2.05, 4.69) is 12.6 Å². The standard InChI is InChI=1S/C4H6O2S/c1-3(2-5)4(6)7/h2,5H,1H3,(H,6,7)/b3-2+. The van der Waals surface area contributed by atoms with E-state index in [1.807, 2.05) is 0 Å². The molecular formula is C4H6O2S. The summed E-state index contributed by atoms with van der Waals surface area (Å²) < 4.78 is 0. The first-order chi connectivity index (χ1) is 3.18. The van der Waals surface area contributed by atoms with Crippen molar-refractivity contribution < 1.29 is 9.90 Å². The number of aliphatic hydroxyl groups excluding tert-OH is 1. The summed E-state index contributed by atoms with van der Waals surface area (Å²) in [5.41, 5.74) is 0.253. The van der Waals surface area contributed by atoms with Crippen LogP contribution in [0.15, 0.2) is 11.8 Å². The summed E-state index contributed by atoms with van der Waals surface area (Å²) >= 11 is 3.41. The van der Waals surface area contributed by atoms with Crippen molar-refractivity contribution in [1.29, 1.82) is 0 Å². The minimum atomic E-state index is -0.400. The molecule has 0 aliphatic rings. The molecule has 0 rings (SSSR count). The van der Waals surface area contributed by atoms with E-state index < -0.39 is 5.12 Å². The highest BCUT2D eigenvalue weighted by atomic mass is 32.1. The molecule has 3 heteroatoms. The normalized spacial score (nSPS) is 11.4. The highest BCUT2D eigenvalue weighted by Gasteiger charge is 1.92. The molecule has 7 heavy (non-hydrogen) atoms. The van der Waals surface area contributed by atoms with E-state index in [0.29, 0.717) is 0 Å². The Morgan fingerprint density at radius 2 is 2.29 bits per heavy atom. The van der Waals surface area contributed by atoms with Gasteiger partial charge in [0.2, 0.25) is 5.12 Å². The Morgan fingerprint density at radius 1 is 1.86 bits per heavy atom. The lowest BCUT2D eigenvalue weighted by molar-refractivity contribution is -0.107. The van der Waals surface area contributed by atoms with Crippen LogP contribution in [-0.4, -0.2) is 10.2 Å². The lowest BCUT2D eigenvalue weighted by Crippen LogP contribution is -1.85. The van der Waals surface area contributed by atoms with Gasteiger partial charge in [0.1, 0.15) is 0 Å². The zero-order chi connectivity index (χ0) is 5.86. The topological polar surface area (TPSA) is 37.3 Å². The Labute approximate surface area is 47.3 Å². The van der Waals surface area contributed by atoms with E-state index in [1.165, 1.54) is 6.92 Å². The summed E-state index contributed by atoms with van der Waals surface area (Å²) in [5, 5.41) is 7.67. The maximum Gasteiger partial charge on any atom is 0.215 e. The summed E-state index contributed by atoms with van der Waals surface area (Å²) in [6.45, 7) is 1.48. The number of carbonyl (C=O) groups is 1. The minimum Gasteiger partial charge on any atom is -0.515 e. The quantitative estimate of drug-likeness (QED) is 0.305. The van der Waals surface area contributed by atoms with Crippen LogP contribution in [-0.2, 0) is 4.79 Å². The second kappa shape index (κ2) is 2.69. The van der Waals surface area contributed by atoms with Gasteiger partial charge in [-0.1, -0.05) is 0 Å². The molecule has 1 N–H and O–H groups in total. The highest BCUT2D eigenvalue weighted by molar-refractivity contribution is 7.97. The molecule has 2 nitrogen and oxygen atoms in total. The second-order valence-electron chi connectivity index (χ2n) is 1.12. The number of hydrogen-bond donors (Lipinski definition) is 2. The maximum absolute atomic E-state index is 10.0. The van der Waals surface area contributed by atoms with Gasteiger partial charge >= 0.3 is 0 Å². The van der Waals surface area contributed by atoms with Gasteiger partial charge in [-0.05, 0) is 6.92 Å². The van der Waals surface area contributed by atoms with E-state index in [9.17, 15) is 4.79 Å². The summed E-state index contributed by atoms with van der Waals surface area (Å²) in [6, 6.07) is 0. The van der Waals surface area contributed by atoms with E-state index in [-0.39, 0.29) is 5.57 Å². The number of rotatable bonds is 1. The van der Waals surface area contributed by atoms with Crippen molar-refractivity contribution >= 4 is 17.7 Å². The van der Waals surface area contributed by atoms with E-state index >= 15 is 0 Å². The monoisotopic (exact) mass is 118 g/mol. The third-order valence-electron chi connectivity index (χ3n) is 0.531. The van der Waals surface area contributed by atoms with Crippen molar-refractivity contribution in [3.05, 3.63) is 11.8 Å². The highest BCUT2D eigenvalue weighted by Crippen LogP contribution is 1.93. The van der Waals surface area contributed by atoms with E-state index in [1.54, 1.807) is 0 Å². The van der Waals surface area contributed by atoms with Gasteiger partial charge in [0.25, 0.3) is 0 Å². The first kappa shape index (κ1) is 6.56. The van der Waals surface area contributed by atoms with Gasteiger partial charge in [-0.2, -0.15) is 0 Å². The Hall–Kier alpha value is -0.440. The van der Waals surface area contributed by atoms with Crippen LogP contribution in [0.5, 0.6) is 0 Å². The molecule has 0 radical (unpaired) electrons. The Bertz CT molecular complexity index is 106. The van der Waals surface area contributed by atoms with E-state index in [0.717, 1.165) is 6.26 Å². The lowest BCUT2D eigenvalue weighted by atomic mass is 10.4. The molecule has 0 aromatic carbocycles. The molecule has 0 heterocycles. The van der Waals surface area contributed by atoms with Gasteiger partial charge in [-0.25, -0.2) is 0 Å². The molecule has 0 spiro atoms. The van der Waals surface area contributed by atoms with Crippen molar-refractivity contribution in [2.45, 2.75) is 6.92 Å². The first-order valence-electron chi connectivity index (χ1n) is 1.72. The van der Waals surface area contributed by atoms with Gasteiger partial charge < -0.3 is 5.11 Å². The fourth-order valence-electron chi connectivity index (χ4n) is 0.0552. The van der Waals surface area contributed by atoms with Gasteiger partial charge in [-0.15, -0.1) is 12.6 Å². The van der Waals surface area contributed by atoms with Crippen LogP contribution >= 0.6 is 12.6 Å². The molecule has 0 amide bonds. The summed E-state index contributed by atoms with van der Waals surface area (Å²) in [7, 11) is 0. The number of aliphatic hydroxyl groups is 1. The van der Waals surface area contributed by atoms with Crippen LogP contribution in [0.3, 0.4) is 0 Å². The van der Waals surface area contributed by atoms with Gasteiger partial charge in [0.05, 0.1) is 6.26 Å². The predicted octanol–water partition coefficient (Wildman–Crippen LogP) is 0.905. The summed E-state index contributed by atoms with van der Waals surface area (Å²) in [5.74, 6) is 0.